The van der Waals surface area contributed by atoms with Crippen LogP contribution in [-0.4, -0.2) is 4.98 Å². The van der Waals surface area contributed by atoms with Crippen molar-refractivity contribution in [3.8, 4) is 11.6 Å². The average molecular weight is 334 g/mol. The lowest BCUT2D eigenvalue weighted by atomic mass is 10.3. The Morgan fingerprint density at radius 2 is 1.94 bits per heavy atom. The van der Waals surface area contributed by atoms with Crippen LogP contribution in [0.3, 0.4) is 0 Å². The molecule has 0 bridgehead atoms. The molecule has 2 N–H and O–H groups in total. The maximum absolute atomic E-state index is 6.02. The largest absolute Gasteiger partial charge is 0.437 e. The number of ether oxygens (including phenoxy) is 1. The van der Waals surface area contributed by atoms with Gasteiger partial charge in [-0.3, -0.25) is 0 Å². The first-order chi connectivity index (χ1) is 8.06. The molecule has 0 aliphatic rings. The van der Waals surface area contributed by atoms with Crippen molar-refractivity contribution < 1.29 is 4.74 Å². The molecule has 88 valence electrons. The van der Waals surface area contributed by atoms with Gasteiger partial charge in [-0.25, -0.2) is 4.98 Å². The van der Waals surface area contributed by atoms with Gasteiger partial charge in [0, 0.05) is 16.6 Å². The molecule has 0 saturated carbocycles. The van der Waals surface area contributed by atoms with Gasteiger partial charge in [-0.2, -0.15) is 0 Å². The minimum atomic E-state index is 0.402. The van der Waals surface area contributed by atoms with Crippen molar-refractivity contribution in [2.75, 3.05) is 5.73 Å². The molecule has 0 unspecified atom stereocenters. The first-order valence-corrected chi connectivity index (χ1v) is 6.15. The van der Waals surface area contributed by atoms with E-state index in [2.05, 4.69) is 20.9 Å². The second kappa shape index (κ2) is 5.12. The molecule has 0 aliphatic carbocycles. The third kappa shape index (κ3) is 3.03. The van der Waals surface area contributed by atoms with E-state index in [1.54, 1.807) is 24.3 Å². The summed E-state index contributed by atoms with van der Waals surface area (Å²) >= 11 is 15.2. The van der Waals surface area contributed by atoms with Crippen molar-refractivity contribution >= 4 is 44.8 Å². The molecule has 0 fully saturated rings. The van der Waals surface area contributed by atoms with Crippen LogP contribution in [0, 0.1) is 0 Å². The van der Waals surface area contributed by atoms with Gasteiger partial charge in [0.2, 0.25) is 5.88 Å². The van der Waals surface area contributed by atoms with E-state index in [0.717, 1.165) is 0 Å². The molecule has 0 saturated heterocycles. The smallest absolute Gasteiger partial charge is 0.219 e. The summed E-state index contributed by atoms with van der Waals surface area (Å²) in [5.74, 6) is 0.844. The monoisotopic (exact) mass is 332 g/mol. The Balaban J connectivity index is 2.30. The molecule has 0 atom stereocenters. The first-order valence-electron chi connectivity index (χ1n) is 4.60. The van der Waals surface area contributed by atoms with E-state index in [4.69, 9.17) is 33.7 Å². The molecule has 2 aromatic rings. The summed E-state index contributed by atoms with van der Waals surface area (Å²) in [6, 6.07) is 6.63. The number of rotatable bonds is 2. The molecule has 17 heavy (non-hydrogen) atoms. The van der Waals surface area contributed by atoms with E-state index in [9.17, 15) is 0 Å². The van der Waals surface area contributed by atoms with E-state index in [1.165, 1.54) is 6.20 Å². The van der Waals surface area contributed by atoms with Crippen molar-refractivity contribution in [2.24, 2.45) is 0 Å². The van der Waals surface area contributed by atoms with Gasteiger partial charge in [0.05, 0.1) is 21.9 Å². The van der Waals surface area contributed by atoms with Crippen LogP contribution in [0.2, 0.25) is 10.0 Å². The quantitative estimate of drug-likeness (QED) is 0.821. The number of pyridine rings is 1. The summed E-state index contributed by atoms with van der Waals surface area (Å²) in [6.07, 6.45) is 1.50. The topological polar surface area (TPSA) is 48.1 Å². The fourth-order valence-electron chi connectivity index (χ4n) is 1.15. The highest BCUT2D eigenvalue weighted by Crippen LogP contribution is 2.36. The van der Waals surface area contributed by atoms with Gasteiger partial charge in [0.1, 0.15) is 5.75 Å². The van der Waals surface area contributed by atoms with E-state index < -0.39 is 0 Å². The Hall–Kier alpha value is -0.970. The Morgan fingerprint density at radius 3 is 2.59 bits per heavy atom. The van der Waals surface area contributed by atoms with E-state index in [-0.39, 0.29) is 0 Å². The summed E-state index contributed by atoms with van der Waals surface area (Å²) in [4.78, 5) is 4.01. The summed E-state index contributed by atoms with van der Waals surface area (Å²) in [5, 5.41) is 0.958. The molecule has 3 nitrogen and oxygen atoms in total. The number of benzene rings is 1. The van der Waals surface area contributed by atoms with Crippen LogP contribution < -0.4 is 10.5 Å². The van der Waals surface area contributed by atoms with Gasteiger partial charge in [0.25, 0.3) is 0 Å². The number of hydrogen-bond acceptors (Lipinski definition) is 3. The van der Waals surface area contributed by atoms with Crippen LogP contribution in [0.1, 0.15) is 0 Å². The van der Waals surface area contributed by atoms with Crippen molar-refractivity contribution in [2.45, 2.75) is 0 Å². The van der Waals surface area contributed by atoms with E-state index in [0.29, 0.717) is 31.8 Å². The highest BCUT2D eigenvalue weighted by atomic mass is 79.9. The Morgan fingerprint density at radius 1 is 1.18 bits per heavy atom. The lowest BCUT2D eigenvalue weighted by Crippen LogP contribution is -1.91. The lowest BCUT2D eigenvalue weighted by Gasteiger charge is -2.08. The minimum Gasteiger partial charge on any atom is -0.437 e. The van der Waals surface area contributed by atoms with Crippen LogP contribution in [0.4, 0.5) is 5.69 Å². The molecule has 1 aromatic carbocycles. The molecule has 0 spiro atoms. The molecule has 0 aliphatic heterocycles. The fourth-order valence-corrected chi connectivity index (χ4v) is 1.98. The van der Waals surface area contributed by atoms with Crippen molar-refractivity contribution in [3.05, 3.63) is 45.0 Å². The number of aromatic nitrogens is 1. The summed E-state index contributed by atoms with van der Waals surface area (Å²) in [7, 11) is 0. The van der Waals surface area contributed by atoms with E-state index >= 15 is 0 Å². The molecule has 1 heterocycles. The van der Waals surface area contributed by atoms with Gasteiger partial charge in [-0.15, -0.1) is 0 Å². The third-order valence-corrected chi connectivity index (χ3v) is 3.44. The van der Waals surface area contributed by atoms with E-state index in [1.807, 2.05) is 0 Å². The number of halogens is 3. The van der Waals surface area contributed by atoms with Gasteiger partial charge in [-0.1, -0.05) is 23.2 Å². The fraction of sp³-hybridized carbons (Fsp3) is 0. The van der Waals surface area contributed by atoms with Crippen LogP contribution in [-0.2, 0) is 0 Å². The Kier molecular flexibility index (Phi) is 3.76. The predicted molar refractivity (Wildman–Crippen MR) is 72.9 cm³/mol. The second-order valence-corrected chi connectivity index (χ2v) is 4.90. The van der Waals surface area contributed by atoms with Gasteiger partial charge >= 0.3 is 0 Å². The normalized spacial score (nSPS) is 10.3. The number of nitrogen functional groups attached to an aromatic ring is 1. The molecule has 0 amide bonds. The first kappa shape index (κ1) is 12.5. The number of anilines is 1. The highest BCUT2D eigenvalue weighted by Gasteiger charge is 2.08. The molecule has 1 aromatic heterocycles. The van der Waals surface area contributed by atoms with Crippen molar-refractivity contribution in [1.29, 1.82) is 0 Å². The zero-order valence-corrected chi connectivity index (χ0v) is 11.6. The molecule has 2 rings (SSSR count). The lowest BCUT2D eigenvalue weighted by molar-refractivity contribution is 0.463. The summed E-state index contributed by atoms with van der Waals surface area (Å²) in [5.41, 5.74) is 6.09. The van der Waals surface area contributed by atoms with Crippen LogP contribution >= 0.6 is 39.1 Å². The Labute approximate surface area is 117 Å². The summed E-state index contributed by atoms with van der Waals surface area (Å²) < 4.78 is 6.21. The van der Waals surface area contributed by atoms with Gasteiger partial charge in [0.15, 0.2) is 0 Å². The predicted octanol–water partition coefficient (Wildman–Crippen LogP) is 4.53. The molecule has 0 radical (unpaired) electrons. The standard InChI is InChI=1S/C11H7BrCl2N2O/c12-7-3-9(14)10(4-8(7)13)17-11-2-1-6(15)5-16-11/h1-5H,15H2. The van der Waals surface area contributed by atoms with Gasteiger partial charge < -0.3 is 10.5 Å². The number of nitrogens with two attached hydrogens (primary N) is 1. The zero-order chi connectivity index (χ0) is 12.4. The minimum absolute atomic E-state index is 0.402. The maximum Gasteiger partial charge on any atom is 0.219 e. The van der Waals surface area contributed by atoms with Crippen LogP contribution in [0.25, 0.3) is 0 Å². The van der Waals surface area contributed by atoms with Crippen molar-refractivity contribution in [3.63, 3.8) is 0 Å². The molecule has 6 heteroatoms. The van der Waals surface area contributed by atoms with Gasteiger partial charge in [-0.05, 0) is 28.1 Å². The van der Waals surface area contributed by atoms with Crippen LogP contribution in [0.5, 0.6) is 11.6 Å². The number of nitrogens with zero attached hydrogens (tertiary/aromatic N) is 1. The third-order valence-electron chi connectivity index (χ3n) is 1.95. The maximum atomic E-state index is 6.02. The highest BCUT2D eigenvalue weighted by molar-refractivity contribution is 9.10. The SMILES string of the molecule is Nc1ccc(Oc2cc(Cl)c(Br)cc2Cl)nc1. The zero-order valence-electron chi connectivity index (χ0n) is 8.45. The molecular formula is C11H7BrCl2N2O. The number of hydrogen-bond donors (Lipinski definition) is 1. The second-order valence-electron chi connectivity index (χ2n) is 3.23. The van der Waals surface area contributed by atoms with Crippen LogP contribution in [0.15, 0.2) is 34.9 Å². The molecular weight excluding hydrogens is 327 g/mol. The summed E-state index contributed by atoms with van der Waals surface area (Å²) in [6.45, 7) is 0. The Bertz CT molecular complexity index is 546. The van der Waals surface area contributed by atoms with Crippen molar-refractivity contribution in [1.82, 2.24) is 4.98 Å². The average Bonchev–Trinajstić information content (AvgIpc) is 2.29.